The maximum Gasteiger partial charge on any atom is 0.407 e. The van der Waals surface area contributed by atoms with Gasteiger partial charge in [0.1, 0.15) is 12.6 Å². The van der Waals surface area contributed by atoms with Crippen LogP contribution in [-0.4, -0.2) is 43.5 Å². The van der Waals surface area contributed by atoms with E-state index in [1.54, 1.807) is 13.8 Å². The van der Waals surface area contributed by atoms with E-state index in [1.165, 1.54) is 7.11 Å². The lowest BCUT2D eigenvalue weighted by Gasteiger charge is -2.30. The Morgan fingerprint density at radius 1 is 1.13 bits per heavy atom. The molecule has 1 aliphatic carbocycles. The highest BCUT2D eigenvalue weighted by molar-refractivity contribution is 5.82. The lowest BCUT2D eigenvalue weighted by atomic mass is 9.83. The molecule has 2 N–H and O–H groups in total. The molecule has 3 rings (SSSR count). The summed E-state index contributed by atoms with van der Waals surface area (Å²) in [4.78, 5) is 24.3. The van der Waals surface area contributed by atoms with E-state index in [2.05, 4.69) is 17.2 Å². The Balaban J connectivity index is 1.75. The normalized spacial score (nSPS) is 15.0. The Kier molecular flexibility index (Phi) is 6.43. The lowest BCUT2D eigenvalue weighted by Crippen LogP contribution is -2.53. The summed E-state index contributed by atoms with van der Waals surface area (Å²) in [6, 6.07) is 14.7. The first-order valence-electron chi connectivity index (χ1n) is 9.68. The number of carbonyl (C=O) groups is 2. The van der Waals surface area contributed by atoms with E-state index in [0.717, 1.165) is 22.3 Å². The van der Waals surface area contributed by atoms with Gasteiger partial charge in [-0.1, -0.05) is 54.5 Å². The first kappa shape index (κ1) is 21.4. The molecule has 156 valence electrons. The smallest absolute Gasteiger partial charge is 0.407 e. The quantitative estimate of drug-likeness (QED) is 0.685. The molecule has 1 aliphatic rings. The third-order valence-corrected chi connectivity index (χ3v) is 5.34. The van der Waals surface area contributed by atoms with Crippen molar-refractivity contribution in [3.05, 3.63) is 59.7 Å². The van der Waals surface area contributed by atoms with Crippen LogP contribution in [-0.2, 0) is 14.3 Å². The van der Waals surface area contributed by atoms with Crippen LogP contribution in [0.5, 0.6) is 0 Å². The van der Waals surface area contributed by atoms with Crippen molar-refractivity contribution in [1.82, 2.24) is 5.32 Å². The topological polar surface area (TPSA) is 84.9 Å². The van der Waals surface area contributed by atoms with Gasteiger partial charge in [0, 0.05) is 13.0 Å². The fourth-order valence-electron chi connectivity index (χ4n) is 4.03. The summed E-state index contributed by atoms with van der Waals surface area (Å²) in [5, 5.41) is 12.1. The molecule has 0 saturated carbocycles. The van der Waals surface area contributed by atoms with Crippen molar-refractivity contribution in [1.29, 1.82) is 0 Å². The molecule has 0 aromatic heterocycles. The number of benzene rings is 2. The fourth-order valence-corrected chi connectivity index (χ4v) is 4.03. The number of fused-ring (bicyclic) bond motifs is 3. The number of carbonyl (C=O) groups excluding carboxylic acids is 1. The minimum Gasteiger partial charge on any atom is -0.480 e. The number of aliphatic carboxylic acids is 1. The van der Waals surface area contributed by atoms with Gasteiger partial charge in [0.2, 0.25) is 0 Å². The third kappa shape index (κ3) is 4.17. The molecule has 6 heteroatoms. The maximum absolute atomic E-state index is 12.5. The number of rotatable bonds is 7. The van der Waals surface area contributed by atoms with E-state index < -0.39 is 23.5 Å². The lowest BCUT2D eigenvalue weighted by molar-refractivity contribution is -0.142. The van der Waals surface area contributed by atoms with Crippen molar-refractivity contribution >= 4 is 12.1 Å². The molecule has 0 radical (unpaired) electrons. The van der Waals surface area contributed by atoms with Crippen LogP contribution in [0.3, 0.4) is 0 Å². The summed E-state index contributed by atoms with van der Waals surface area (Å²) >= 11 is 0. The monoisotopic (exact) mass is 407 g/mol. The van der Waals surface area contributed by atoms with E-state index >= 15 is 0 Å². The Morgan fingerprint density at radius 3 is 2.20 bits per heavy atom. The van der Waals surface area contributed by atoms with Gasteiger partial charge < -0.3 is 19.9 Å². The SMILES string of the molecule is CC#C[C@](C)(COC)[C@@H](NC(=O)OCC1c2ccccc2-c2ccccc21)C(=O)O. The van der Waals surface area contributed by atoms with Crippen molar-refractivity contribution in [3.8, 4) is 23.0 Å². The summed E-state index contributed by atoms with van der Waals surface area (Å²) in [5.74, 6) is 4.25. The number of carboxylic acid groups (broad SMARTS) is 1. The second-order valence-electron chi connectivity index (χ2n) is 7.47. The average Bonchev–Trinajstić information content (AvgIpc) is 3.04. The average molecular weight is 407 g/mol. The number of ether oxygens (including phenoxy) is 2. The molecular weight excluding hydrogens is 382 g/mol. The number of nitrogens with one attached hydrogen (secondary N) is 1. The molecule has 2 atom stereocenters. The van der Waals surface area contributed by atoms with Gasteiger partial charge >= 0.3 is 12.1 Å². The van der Waals surface area contributed by atoms with Gasteiger partial charge in [0.25, 0.3) is 0 Å². The number of carboxylic acids is 1. The third-order valence-electron chi connectivity index (χ3n) is 5.34. The van der Waals surface area contributed by atoms with Gasteiger partial charge in [0.05, 0.1) is 12.0 Å². The van der Waals surface area contributed by atoms with Crippen LogP contribution >= 0.6 is 0 Å². The molecule has 6 nitrogen and oxygen atoms in total. The van der Waals surface area contributed by atoms with E-state index in [9.17, 15) is 14.7 Å². The number of alkyl carbamates (subject to hydrolysis) is 1. The first-order chi connectivity index (χ1) is 14.4. The number of hydrogen-bond donors (Lipinski definition) is 2. The van der Waals surface area contributed by atoms with Crippen LogP contribution < -0.4 is 5.32 Å². The molecule has 2 aromatic rings. The summed E-state index contributed by atoms with van der Waals surface area (Å²) in [5.41, 5.74) is 3.32. The summed E-state index contributed by atoms with van der Waals surface area (Å²) in [6.45, 7) is 3.40. The standard InChI is InChI=1S/C24H25NO5/c1-4-13-24(2,15-29-3)21(22(26)27)25-23(28)30-14-20-18-11-7-5-9-16(18)17-10-6-8-12-19(17)20/h5-12,20-21H,14-15H2,1-3H3,(H,25,28)(H,26,27)/t21-,24+/m0/s1. The minimum atomic E-state index is -1.28. The molecule has 0 bridgehead atoms. The van der Waals surface area contributed by atoms with Crippen LogP contribution in [0.1, 0.15) is 30.9 Å². The highest BCUT2D eigenvalue weighted by atomic mass is 16.5. The molecule has 2 aromatic carbocycles. The molecular formula is C24H25NO5. The Morgan fingerprint density at radius 2 is 1.70 bits per heavy atom. The van der Waals surface area contributed by atoms with Crippen LogP contribution in [0.2, 0.25) is 0 Å². The molecule has 0 saturated heterocycles. The van der Waals surface area contributed by atoms with Gasteiger partial charge in [-0.2, -0.15) is 0 Å². The molecule has 30 heavy (non-hydrogen) atoms. The molecule has 0 fully saturated rings. The molecule has 0 unspecified atom stereocenters. The summed E-state index contributed by atoms with van der Waals surface area (Å²) in [7, 11) is 1.46. The molecule has 0 spiro atoms. The number of amides is 1. The van der Waals surface area contributed by atoms with E-state index in [1.807, 2.05) is 48.5 Å². The van der Waals surface area contributed by atoms with Crippen molar-refractivity contribution < 1.29 is 24.2 Å². The van der Waals surface area contributed by atoms with Crippen molar-refractivity contribution in [2.75, 3.05) is 20.3 Å². The molecule has 0 aliphatic heterocycles. The van der Waals surface area contributed by atoms with Crippen LogP contribution in [0.4, 0.5) is 4.79 Å². The zero-order chi connectivity index (χ0) is 21.7. The predicted octanol–water partition coefficient (Wildman–Crippen LogP) is 3.65. The van der Waals surface area contributed by atoms with Crippen molar-refractivity contribution in [2.24, 2.45) is 5.41 Å². The zero-order valence-corrected chi connectivity index (χ0v) is 17.3. The Labute approximate surface area is 176 Å². The maximum atomic E-state index is 12.5. The minimum absolute atomic E-state index is 0.0501. The number of hydrogen-bond acceptors (Lipinski definition) is 4. The molecule has 0 heterocycles. The predicted molar refractivity (Wildman–Crippen MR) is 113 cm³/mol. The van der Waals surface area contributed by atoms with E-state index in [0.29, 0.717) is 0 Å². The zero-order valence-electron chi connectivity index (χ0n) is 17.3. The fraction of sp³-hybridized carbons (Fsp3) is 0.333. The van der Waals surface area contributed by atoms with Gasteiger partial charge in [0.15, 0.2) is 0 Å². The second-order valence-corrected chi connectivity index (χ2v) is 7.47. The van der Waals surface area contributed by atoms with Gasteiger partial charge in [-0.3, -0.25) is 0 Å². The van der Waals surface area contributed by atoms with Crippen molar-refractivity contribution in [2.45, 2.75) is 25.8 Å². The van der Waals surface area contributed by atoms with Crippen molar-refractivity contribution in [3.63, 3.8) is 0 Å². The van der Waals surface area contributed by atoms with E-state index in [-0.39, 0.29) is 19.1 Å². The number of methoxy groups -OCH3 is 1. The van der Waals surface area contributed by atoms with Gasteiger partial charge in [-0.15, -0.1) is 5.92 Å². The Hall–Kier alpha value is -3.30. The van der Waals surface area contributed by atoms with Gasteiger partial charge in [-0.05, 0) is 36.1 Å². The van der Waals surface area contributed by atoms with Crippen LogP contribution in [0, 0.1) is 17.3 Å². The molecule has 1 amide bonds. The Bertz CT molecular complexity index is 960. The second kappa shape index (κ2) is 9.02. The van der Waals surface area contributed by atoms with Gasteiger partial charge in [-0.25, -0.2) is 9.59 Å². The highest BCUT2D eigenvalue weighted by Gasteiger charge is 2.40. The summed E-state index contributed by atoms with van der Waals surface area (Å²) in [6.07, 6.45) is -0.801. The van der Waals surface area contributed by atoms with Crippen LogP contribution in [0.15, 0.2) is 48.5 Å². The summed E-state index contributed by atoms with van der Waals surface area (Å²) < 4.78 is 10.6. The van der Waals surface area contributed by atoms with Crippen LogP contribution in [0.25, 0.3) is 11.1 Å². The van der Waals surface area contributed by atoms with E-state index in [4.69, 9.17) is 9.47 Å². The highest BCUT2D eigenvalue weighted by Crippen LogP contribution is 2.44. The first-order valence-corrected chi connectivity index (χ1v) is 9.68. The largest absolute Gasteiger partial charge is 0.480 e.